The van der Waals surface area contributed by atoms with Gasteiger partial charge in [0, 0.05) is 37.8 Å². The van der Waals surface area contributed by atoms with Gasteiger partial charge in [0.25, 0.3) is 0 Å². The predicted molar refractivity (Wildman–Crippen MR) is 70.7 cm³/mol. The second-order valence-electron chi connectivity index (χ2n) is 5.12. The summed E-state index contributed by atoms with van der Waals surface area (Å²) < 4.78 is 1.82. The number of aromatic nitrogens is 2. The van der Waals surface area contributed by atoms with Crippen molar-refractivity contribution in [1.82, 2.24) is 14.7 Å². The standard InChI is InChI=1S/C14H19N5/c1-18-11-13(9-17-18)14-5-3-7-19(14)10-12(8-16)4-2-6-15/h9,11-12,14H,2-5,7,10H2,1H3. The SMILES string of the molecule is Cn1cc(C2CCCN2CC(C#N)CCC#N)cn1. The monoisotopic (exact) mass is 257 g/mol. The molecule has 1 aliphatic heterocycles. The van der Waals surface area contributed by atoms with Crippen molar-refractivity contribution in [2.75, 3.05) is 13.1 Å². The van der Waals surface area contributed by atoms with Gasteiger partial charge >= 0.3 is 0 Å². The zero-order valence-electron chi connectivity index (χ0n) is 11.3. The molecule has 0 aliphatic carbocycles. The molecule has 0 amide bonds. The van der Waals surface area contributed by atoms with E-state index in [1.54, 1.807) is 0 Å². The van der Waals surface area contributed by atoms with E-state index in [0.717, 1.165) is 25.9 Å². The van der Waals surface area contributed by atoms with Crippen LogP contribution in [0, 0.1) is 28.6 Å². The Morgan fingerprint density at radius 1 is 1.53 bits per heavy atom. The van der Waals surface area contributed by atoms with Crippen LogP contribution in [0.15, 0.2) is 12.4 Å². The third-order valence-corrected chi connectivity index (χ3v) is 3.72. The highest BCUT2D eigenvalue weighted by molar-refractivity contribution is 5.12. The summed E-state index contributed by atoms with van der Waals surface area (Å²) in [6, 6.07) is 4.83. The lowest BCUT2D eigenvalue weighted by Gasteiger charge is -2.25. The lowest BCUT2D eigenvalue weighted by molar-refractivity contribution is 0.230. The molecule has 0 N–H and O–H groups in total. The van der Waals surface area contributed by atoms with Crippen molar-refractivity contribution >= 4 is 0 Å². The van der Waals surface area contributed by atoms with Crippen LogP contribution < -0.4 is 0 Å². The minimum Gasteiger partial charge on any atom is -0.295 e. The van der Waals surface area contributed by atoms with Crippen LogP contribution in [0.2, 0.25) is 0 Å². The summed E-state index contributed by atoms with van der Waals surface area (Å²) in [6.45, 7) is 1.79. The summed E-state index contributed by atoms with van der Waals surface area (Å²) in [4.78, 5) is 2.36. The summed E-state index contributed by atoms with van der Waals surface area (Å²) in [5.41, 5.74) is 1.23. The quantitative estimate of drug-likeness (QED) is 0.809. The highest BCUT2D eigenvalue weighted by Gasteiger charge is 2.28. The van der Waals surface area contributed by atoms with E-state index in [4.69, 9.17) is 5.26 Å². The van der Waals surface area contributed by atoms with E-state index in [9.17, 15) is 5.26 Å². The van der Waals surface area contributed by atoms with Crippen LogP contribution in [-0.4, -0.2) is 27.8 Å². The van der Waals surface area contributed by atoms with Gasteiger partial charge in [-0.15, -0.1) is 0 Å². The number of hydrogen-bond acceptors (Lipinski definition) is 4. The molecule has 0 spiro atoms. The highest BCUT2D eigenvalue weighted by Crippen LogP contribution is 2.32. The number of rotatable bonds is 5. The van der Waals surface area contributed by atoms with Crippen LogP contribution >= 0.6 is 0 Å². The second kappa shape index (κ2) is 6.36. The molecule has 5 nitrogen and oxygen atoms in total. The molecule has 0 bridgehead atoms. The molecule has 0 radical (unpaired) electrons. The molecule has 1 saturated heterocycles. The Balaban J connectivity index is 1.99. The van der Waals surface area contributed by atoms with E-state index in [-0.39, 0.29) is 5.92 Å². The third-order valence-electron chi connectivity index (χ3n) is 3.72. The minimum atomic E-state index is -0.0445. The first-order chi connectivity index (χ1) is 9.24. The number of nitrogens with zero attached hydrogens (tertiary/aromatic N) is 5. The Hall–Kier alpha value is -1.85. The van der Waals surface area contributed by atoms with Crippen LogP contribution in [0.3, 0.4) is 0 Å². The largest absolute Gasteiger partial charge is 0.295 e. The van der Waals surface area contributed by atoms with Crippen molar-refractivity contribution in [3.63, 3.8) is 0 Å². The van der Waals surface area contributed by atoms with E-state index < -0.39 is 0 Å². The average molecular weight is 257 g/mol. The fourth-order valence-electron chi connectivity index (χ4n) is 2.75. The average Bonchev–Trinajstić information content (AvgIpc) is 3.02. The van der Waals surface area contributed by atoms with Gasteiger partial charge in [0.15, 0.2) is 0 Å². The molecule has 0 saturated carbocycles. The summed E-state index contributed by atoms with van der Waals surface area (Å²) in [5, 5.41) is 22.0. The summed E-state index contributed by atoms with van der Waals surface area (Å²) in [7, 11) is 1.92. The first kappa shape index (κ1) is 13.6. The van der Waals surface area contributed by atoms with Crippen LogP contribution in [-0.2, 0) is 7.05 Å². The molecule has 2 heterocycles. The smallest absolute Gasteiger partial charge is 0.0669 e. The number of hydrogen-bond donors (Lipinski definition) is 0. The lowest BCUT2D eigenvalue weighted by Crippen LogP contribution is -2.28. The van der Waals surface area contributed by atoms with E-state index in [1.165, 1.54) is 5.56 Å². The molecule has 2 rings (SSSR count). The molecule has 2 unspecified atom stereocenters. The zero-order chi connectivity index (χ0) is 13.7. The van der Waals surface area contributed by atoms with Gasteiger partial charge in [0.05, 0.1) is 24.3 Å². The van der Waals surface area contributed by atoms with Gasteiger partial charge < -0.3 is 0 Å². The molecule has 1 fully saturated rings. The molecule has 100 valence electrons. The zero-order valence-corrected chi connectivity index (χ0v) is 11.3. The Labute approximate surface area is 114 Å². The maximum absolute atomic E-state index is 9.17. The Morgan fingerprint density at radius 2 is 2.37 bits per heavy atom. The van der Waals surface area contributed by atoms with Gasteiger partial charge in [0.1, 0.15) is 0 Å². The van der Waals surface area contributed by atoms with Gasteiger partial charge in [0.2, 0.25) is 0 Å². The van der Waals surface area contributed by atoms with Crippen molar-refractivity contribution in [1.29, 1.82) is 10.5 Å². The van der Waals surface area contributed by atoms with Gasteiger partial charge in [-0.3, -0.25) is 9.58 Å². The molecule has 0 aromatic carbocycles. The molecule has 1 aromatic rings. The topological polar surface area (TPSA) is 68.6 Å². The summed E-state index contributed by atoms with van der Waals surface area (Å²) in [6.07, 6.45) is 7.39. The van der Waals surface area contributed by atoms with E-state index in [1.807, 2.05) is 17.9 Å². The van der Waals surface area contributed by atoms with Crippen molar-refractivity contribution in [2.24, 2.45) is 13.0 Å². The highest BCUT2D eigenvalue weighted by atomic mass is 15.3. The number of nitriles is 2. The molecule has 1 aromatic heterocycles. The van der Waals surface area contributed by atoms with E-state index in [2.05, 4.69) is 28.3 Å². The van der Waals surface area contributed by atoms with Gasteiger partial charge in [-0.25, -0.2) is 0 Å². The first-order valence-corrected chi connectivity index (χ1v) is 6.73. The van der Waals surface area contributed by atoms with Crippen LogP contribution in [0.5, 0.6) is 0 Å². The van der Waals surface area contributed by atoms with Crippen LogP contribution in [0.4, 0.5) is 0 Å². The van der Waals surface area contributed by atoms with E-state index >= 15 is 0 Å². The van der Waals surface area contributed by atoms with Crippen molar-refractivity contribution in [3.05, 3.63) is 18.0 Å². The number of aryl methyl sites for hydroxylation is 1. The Morgan fingerprint density at radius 3 is 3.00 bits per heavy atom. The Bertz CT molecular complexity index is 493. The van der Waals surface area contributed by atoms with Gasteiger partial charge in [-0.1, -0.05) is 0 Å². The molecular weight excluding hydrogens is 238 g/mol. The summed E-state index contributed by atoms with van der Waals surface area (Å²) >= 11 is 0. The molecule has 19 heavy (non-hydrogen) atoms. The fraction of sp³-hybridized carbons (Fsp3) is 0.643. The predicted octanol–water partition coefficient (Wildman–Crippen LogP) is 2.00. The fourth-order valence-corrected chi connectivity index (χ4v) is 2.75. The second-order valence-corrected chi connectivity index (χ2v) is 5.12. The maximum atomic E-state index is 9.17. The summed E-state index contributed by atoms with van der Waals surface area (Å²) in [5.74, 6) is -0.0445. The van der Waals surface area contributed by atoms with E-state index in [0.29, 0.717) is 18.9 Å². The maximum Gasteiger partial charge on any atom is 0.0669 e. The van der Waals surface area contributed by atoms with Crippen molar-refractivity contribution < 1.29 is 0 Å². The molecule has 5 heteroatoms. The van der Waals surface area contributed by atoms with Gasteiger partial charge in [-0.2, -0.15) is 15.6 Å². The third kappa shape index (κ3) is 3.33. The molecule has 1 aliphatic rings. The number of likely N-dealkylation sites (tertiary alicyclic amines) is 1. The Kier molecular flexibility index (Phi) is 4.54. The van der Waals surface area contributed by atoms with Crippen molar-refractivity contribution in [3.8, 4) is 12.1 Å². The lowest BCUT2D eigenvalue weighted by atomic mass is 10.0. The first-order valence-electron chi connectivity index (χ1n) is 6.73. The molecule has 2 atom stereocenters. The van der Waals surface area contributed by atoms with Crippen molar-refractivity contribution in [2.45, 2.75) is 31.7 Å². The minimum absolute atomic E-state index is 0.0445. The normalized spacial score (nSPS) is 20.9. The molecular formula is C14H19N5. The van der Waals surface area contributed by atoms with Crippen LogP contribution in [0.25, 0.3) is 0 Å². The van der Waals surface area contributed by atoms with Crippen LogP contribution in [0.1, 0.15) is 37.3 Å². The van der Waals surface area contributed by atoms with Gasteiger partial charge in [-0.05, 0) is 25.8 Å².